The fourth-order valence-corrected chi connectivity index (χ4v) is 2.76. The lowest BCUT2D eigenvalue weighted by atomic mass is 10.1. The molecule has 9 heteroatoms. The van der Waals surface area contributed by atoms with Gasteiger partial charge in [-0.3, -0.25) is 4.57 Å². The van der Waals surface area contributed by atoms with Crippen LogP contribution in [0.15, 0.2) is 17.1 Å². The van der Waals surface area contributed by atoms with E-state index >= 15 is 0 Å². The van der Waals surface area contributed by atoms with Crippen molar-refractivity contribution in [2.45, 2.75) is 50.1 Å². The number of nitrogens with zero attached hydrogens (tertiary/aromatic N) is 2. The van der Waals surface area contributed by atoms with Crippen LogP contribution in [0.25, 0.3) is 0 Å². The highest BCUT2D eigenvalue weighted by molar-refractivity contribution is 5.23. The second-order valence-electron chi connectivity index (χ2n) is 5.72. The van der Waals surface area contributed by atoms with E-state index in [1.165, 1.54) is 12.3 Å². The molecule has 23 heavy (non-hydrogen) atoms. The molecule has 9 nitrogen and oxygen atoms in total. The Labute approximate surface area is 132 Å². The predicted octanol–water partition coefficient (Wildman–Crippen LogP) is -1.01. The predicted molar refractivity (Wildman–Crippen MR) is 78.4 cm³/mol. The van der Waals surface area contributed by atoms with Crippen LogP contribution in [0, 0.1) is 0 Å². The minimum atomic E-state index is -1.26. The van der Waals surface area contributed by atoms with E-state index in [0.717, 1.165) is 23.8 Å². The topological polar surface area (TPSA) is 129 Å². The van der Waals surface area contributed by atoms with Crippen molar-refractivity contribution in [2.24, 2.45) is 0 Å². The molecule has 2 saturated heterocycles. The third kappa shape index (κ3) is 3.54. The second-order valence-corrected chi connectivity index (χ2v) is 5.72. The zero-order valence-electron chi connectivity index (χ0n) is 12.6. The Morgan fingerprint density at radius 3 is 2.91 bits per heavy atom. The standard InChI is InChI=1S/C14H21N3O6/c15-9-4-5-17(14(20)16-9)13-12(19)11(18)8(23-13)7-22-10-3-1-2-6-21-10/h4-5,8,10-13,18-19H,1-3,6-7H2,(H2,15,16,20)/t8-,10?,11-,12-,13-/m1/s1. The van der Waals surface area contributed by atoms with Crippen molar-refractivity contribution in [3.63, 3.8) is 0 Å². The summed E-state index contributed by atoms with van der Waals surface area (Å²) in [5.74, 6) is 0.0774. The molecule has 0 amide bonds. The Kier molecular flexibility index (Phi) is 4.93. The summed E-state index contributed by atoms with van der Waals surface area (Å²) in [6.45, 7) is 0.715. The zero-order valence-corrected chi connectivity index (χ0v) is 12.6. The number of ether oxygens (including phenoxy) is 3. The number of nitrogen functional groups attached to an aromatic ring is 1. The van der Waals surface area contributed by atoms with Crippen LogP contribution in [0.5, 0.6) is 0 Å². The van der Waals surface area contributed by atoms with Gasteiger partial charge in [-0.05, 0) is 25.3 Å². The molecule has 0 aromatic carbocycles. The first kappa shape index (κ1) is 16.3. The lowest BCUT2D eigenvalue weighted by Crippen LogP contribution is -2.37. The maximum Gasteiger partial charge on any atom is 0.351 e. The quantitative estimate of drug-likeness (QED) is 0.641. The molecule has 5 atom stereocenters. The summed E-state index contributed by atoms with van der Waals surface area (Å²) in [4.78, 5) is 15.4. The van der Waals surface area contributed by atoms with Crippen molar-refractivity contribution < 1.29 is 24.4 Å². The van der Waals surface area contributed by atoms with Crippen LogP contribution in [-0.4, -0.2) is 57.6 Å². The summed E-state index contributed by atoms with van der Waals surface area (Å²) in [5.41, 5.74) is 4.78. The first-order valence-corrected chi connectivity index (χ1v) is 7.66. The zero-order chi connectivity index (χ0) is 16.4. The van der Waals surface area contributed by atoms with Crippen LogP contribution < -0.4 is 11.4 Å². The number of anilines is 1. The van der Waals surface area contributed by atoms with E-state index in [1.807, 2.05) is 0 Å². The molecule has 0 radical (unpaired) electrons. The number of aliphatic hydroxyl groups excluding tert-OH is 2. The van der Waals surface area contributed by atoms with Crippen LogP contribution in [0.1, 0.15) is 25.5 Å². The average Bonchev–Trinajstić information content (AvgIpc) is 2.82. The van der Waals surface area contributed by atoms with Gasteiger partial charge in [-0.15, -0.1) is 0 Å². The van der Waals surface area contributed by atoms with Gasteiger partial charge in [-0.1, -0.05) is 0 Å². The van der Waals surface area contributed by atoms with Crippen LogP contribution in [0.2, 0.25) is 0 Å². The van der Waals surface area contributed by atoms with E-state index in [-0.39, 0.29) is 18.7 Å². The van der Waals surface area contributed by atoms with Gasteiger partial charge < -0.3 is 30.2 Å². The van der Waals surface area contributed by atoms with Gasteiger partial charge in [-0.2, -0.15) is 4.98 Å². The van der Waals surface area contributed by atoms with Crippen LogP contribution >= 0.6 is 0 Å². The Balaban J connectivity index is 1.64. The molecule has 4 N–H and O–H groups in total. The summed E-state index contributed by atoms with van der Waals surface area (Å²) in [7, 11) is 0. The van der Waals surface area contributed by atoms with E-state index < -0.39 is 30.2 Å². The highest BCUT2D eigenvalue weighted by Gasteiger charge is 2.44. The number of hydrogen-bond acceptors (Lipinski definition) is 8. The molecule has 0 spiro atoms. The molecule has 2 aliphatic rings. The monoisotopic (exact) mass is 327 g/mol. The van der Waals surface area contributed by atoms with Gasteiger partial charge in [0, 0.05) is 12.8 Å². The summed E-state index contributed by atoms with van der Waals surface area (Å²) >= 11 is 0. The molecule has 128 valence electrons. The molecule has 0 saturated carbocycles. The molecule has 1 aromatic heterocycles. The lowest BCUT2D eigenvalue weighted by molar-refractivity contribution is -0.185. The first-order chi connectivity index (χ1) is 11.1. The van der Waals surface area contributed by atoms with Gasteiger partial charge in [0.15, 0.2) is 12.5 Å². The van der Waals surface area contributed by atoms with E-state index in [4.69, 9.17) is 19.9 Å². The van der Waals surface area contributed by atoms with Gasteiger partial charge in [0.25, 0.3) is 0 Å². The largest absolute Gasteiger partial charge is 0.387 e. The van der Waals surface area contributed by atoms with Crippen molar-refractivity contribution in [1.82, 2.24) is 9.55 Å². The molecule has 0 aliphatic carbocycles. The minimum absolute atomic E-state index is 0.0660. The van der Waals surface area contributed by atoms with Crippen molar-refractivity contribution >= 4 is 5.82 Å². The van der Waals surface area contributed by atoms with Gasteiger partial charge in [0.05, 0.1) is 6.61 Å². The molecule has 2 aliphatic heterocycles. The molecule has 1 unspecified atom stereocenters. The number of rotatable bonds is 4. The number of aliphatic hydroxyl groups is 2. The summed E-state index contributed by atoms with van der Waals surface area (Å²) in [5, 5.41) is 20.2. The van der Waals surface area contributed by atoms with Crippen molar-refractivity contribution in [3.8, 4) is 0 Å². The third-order valence-corrected chi connectivity index (χ3v) is 4.05. The molecule has 3 rings (SSSR count). The van der Waals surface area contributed by atoms with E-state index in [2.05, 4.69) is 4.98 Å². The molecule has 3 heterocycles. The van der Waals surface area contributed by atoms with Crippen LogP contribution in [-0.2, 0) is 14.2 Å². The van der Waals surface area contributed by atoms with E-state index in [0.29, 0.717) is 6.61 Å². The van der Waals surface area contributed by atoms with Crippen LogP contribution in [0.3, 0.4) is 0 Å². The van der Waals surface area contributed by atoms with Crippen LogP contribution in [0.4, 0.5) is 5.82 Å². The highest BCUT2D eigenvalue weighted by atomic mass is 16.7. The highest BCUT2D eigenvalue weighted by Crippen LogP contribution is 2.29. The fourth-order valence-electron chi connectivity index (χ4n) is 2.76. The van der Waals surface area contributed by atoms with Gasteiger partial charge in [0.1, 0.15) is 24.1 Å². The van der Waals surface area contributed by atoms with Crippen molar-refractivity contribution in [3.05, 3.63) is 22.7 Å². The van der Waals surface area contributed by atoms with E-state index in [9.17, 15) is 15.0 Å². The lowest BCUT2D eigenvalue weighted by Gasteiger charge is -2.24. The van der Waals surface area contributed by atoms with Crippen molar-refractivity contribution in [1.29, 1.82) is 0 Å². The molecular formula is C14H21N3O6. The maximum absolute atomic E-state index is 11.8. The molecular weight excluding hydrogens is 306 g/mol. The van der Waals surface area contributed by atoms with E-state index in [1.54, 1.807) is 0 Å². The normalized spacial score (nSPS) is 34.6. The number of nitrogens with two attached hydrogens (primary N) is 1. The Morgan fingerprint density at radius 2 is 2.22 bits per heavy atom. The number of aromatic nitrogens is 2. The SMILES string of the molecule is Nc1ccn([C@@H]2O[C@H](COC3CCCCO3)[C@@H](O)[C@H]2O)c(=O)n1. The fraction of sp³-hybridized carbons (Fsp3) is 0.714. The Morgan fingerprint density at radius 1 is 1.39 bits per heavy atom. The Bertz CT molecular complexity index is 588. The second kappa shape index (κ2) is 6.93. The summed E-state index contributed by atoms with van der Waals surface area (Å²) in [6, 6.07) is 1.42. The van der Waals surface area contributed by atoms with Gasteiger partial charge in [-0.25, -0.2) is 4.79 Å². The molecule has 1 aromatic rings. The maximum atomic E-state index is 11.8. The minimum Gasteiger partial charge on any atom is -0.387 e. The first-order valence-electron chi connectivity index (χ1n) is 7.66. The molecule has 2 fully saturated rings. The smallest absolute Gasteiger partial charge is 0.351 e. The average molecular weight is 327 g/mol. The summed E-state index contributed by atoms with van der Waals surface area (Å²) < 4.78 is 17.7. The van der Waals surface area contributed by atoms with Gasteiger partial charge in [0.2, 0.25) is 0 Å². The van der Waals surface area contributed by atoms with Crippen molar-refractivity contribution in [2.75, 3.05) is 18.9 Å². The Hall–Kier alpha value is -1.52. The number of hydrogen-bond donors (Lipinski definition) is 3. The third-order valence-electron chi connectivity index (χ3n) is 4.05. The van der Waals surface area contributed by atoms with Gasteiger partial charge >= 0.3 is 5.69 Å². The summed E-state index contributed by atoms with van der Waals surface area (Å²) in [6.07, 6.45) is -0.359. The molecule has 0 bridgehead atoms.